The molecule has 1 aromatic carbocycles. The molecule has 0 amide bonds. The Hall–Kier alpha value is -2.63. The molecule has 0 aliphatic heterocycles. The number of H-pyrrole nitrogens is 1. The van der Waals surface area contributed by atoms with E-state index in [1.807, 2.05) is 0 Å². The van der Waals surface area contributed by atoms with Gasteiger partial charge in [0.2, 0.25) is 0 Å². The van der Waals surface area contributed by atoms with E-state index in [2.05, 4.69) is 4.98 Å². The molecule has 0 spiro atoms. The molecule has 6 nitrogen and oxygen atoms in total. The van der Waals surface area contributed by atoms with Gasteiger partial charge in [0.25, 0.3) is 5.56 Å². The summed E-state index contributed by atoms with van der Waals surface area (Å²) in [6.45, 7) is 3.01. The zero-order chi connectivity index (χ0) is 15.6. The highest BCUT2D eigenvalue weighted by atomic mass is 16.5. The average molecular weight is 288 g/mol. The molecule has 1 N–H and O–H groups in total. The molecule has 0 radical (unpaired) electrons. The monoisotopic (exact) mass is 288 g/mol. The summed E-state index contributed by atoms with van der Waals surface area (Å²) >= 11 is 0. The summed E-state index contributed by atoms with van der Waals surface area (Å²) in [4.78, 5) is 38.0. The third-order valence-corrected chi connectivity index (χ3v) is 3.37. The number of ketones is 1. The molecule has 0 fully saturated rings. The summed E-state index contributed by atoms with van der Waals surface area (Å²) in [5, 5.41) is 0. The quantitative estimate of drug-likeness (QED) is 0.861. The highest BCUT2D eigenvalue weighted by Gasteiger charge is 2.17. The second kappa shape index (κ2) is 5.78. The lowest BCUT2D eigenvalue weighted by atomic mass is 10.1. The number of rotatable bonds is 4. The van der Waals surface area contributed by atoms with Gasteiger partial charge in [-0.05, 0) is 31.5 Å². The highest BCUT2D eigenvalue weighted by Crippen LogP contribution is 2.18. The number of ether oxygens (including phenoxy) is 1. The van der Waals surface area contributed by atoms with Crippen LogP contribution in [-0.2, 0) is 0 Å². The molecular formula is C15H16N2O4. The van der Waals surface area contributed by atoms with E-state index in [0.717, 1.165) is 16.3 Å². The van der Waals surface area contributed by atoms with Gasteiger partial charge in [0.05, 0.1) is 18.7 Å². The molecular weight excluding hydrogens is 272 g/mol. The molecule has 0 saturated heterocycles. The fourth-order valence-corrected chi connectivity index (χ4v) is 2.12. The van der Waals surface area contributed by atoms with Crippen LogP contribution in [0, 0.1) is 0 Å². The van der Waals surface area contributed by atoms with Crippen molar-refractivity contribution in [2.24, 2.45) is 0 Å². The van der Waals surface area contributed by atoms with Crippen LogP contribution in [0.15, 0.2) is 40.1 Å². The van der Waals surface area contributed by atoms with Crippen LogP contribution >= 0.6 is 0 Å². The van der Waals surface area contributed by atoms with E-state index in [-0.39, 0.29) is 11.3 Å². The molecule has 0 bridgehead atoms. The molecule has 1 unspecified atom stereocenters. The predicted molar refractivity (Wildman–Crippen MR) is 78.1 cm³/mol. The largest absolute Gasteiger partial charge is 0.497 e. The van der Waals surface area contributed by atoms with Crippen LogP contribution < -0.4 is 16.0 Å². The Morgan fingerprint density at radius 3 is 2.38 bits per heavy atom. The van der Waals surface area contributed by atoms with Crippen molar-refractivity contribution < 1.29 is 9.53 Å². The van der Waals surface area contributed by atoms with Gasteiger partial charge in [-0.25, -0.2) is 4.79 Å². The number of nitrogens with one attached hydrogen (secondary N) is 1. The van der Waals surface area contributed by atoms with E-state index in [9.17, 15) is 14.4 Å². The average Bonchev–Trinajstić information content (AvgIpc) is 2.46. The highest BCUT2D eigenvalue weighted by molar-refractivity contribution is 5.93. The van der Waals surface area contributed by atoms with Crippen molar-refractivity contribution in [3.8, 4) is 5.75 Å². The molecule has 2 rings (SSSR count). The van der Waals surface area contributed by atoms with Crippen LogP contribution in [-0.4, -0.2) is 22.4 Å². The minimum Gasteiger partial charge on any atom is -0.497 e. The Kier molecular flexibility index (Phi) is 4.07. The Labute approximate surface area is 121 Å². The van der Waals surface area contributed by atoms with Gasteiger partial charge in [-0.2, -0.15) is 0 Å². The van der Waals surface area contributed by atoms with Crippen molar-refractivity contribution in [3.05, 3.63) is 62.4 Å². The molecule has 110 valence electrons. The first-order valence-corrected chi connectivity index (χ1v) is 6.44. The first-order chi connectivity index (χ1) is 9.95. The van der Waals surface area contributed by atoms with Crippen LogP contribution in [0.1, 0.15) is 35.8 Å². The SMILES string of the molecule is COc1ccc(C(C)n2c(=O)[nH]cc(C(C)=O)c2=O)cc1. The Morgan fingerprint density at radius 1 is 1.24 bits per heavy atom. The number of nitrogens with zero attached hydrogens (tertiary/aromatic N) is 1. The van der Waals surface area contributed by atoms with Gasteiger partial charge in [-0.3, -0.25) is 14.2 Å². The summed E-state index contributed by atoms with van der Waals surface area (Å²) in [6.07, 6.45) is 1.16. The van der Waals surface area contributed by atoms with Gasteiger partial charge in [0.1, 0.15) is 5.75 Å². The molecule has 6 heteroatoms. The third-order valence-electron chi connectivity index (χ3n) is 3.37. The van der Waals surface area contributed by atoms with Crippen molar-refractivity contribution in [1.29, 1.82) is 0 Å². The smallest absolute Gasteiger partial charge is 0.328 e. The summed E-state index contributed by atoms with van der Waals surface area (Å²) in [5.74, 6) is 0.302. The number of aromatic nitrogens is 2. The molecule has 21 heavy (non-hydrogen) atoms. The number of carbonyl (C=O) groups excluding carboxylic acids is 1. The van der Waals surface area contributed by atoms with Gasteiger partial charge in [0.15, 0.2) is 5.78 Å². The van der Waals surface area contributed by atoms with Gasteiger partial charge >= 0.3 is 5.69 Å². The van der Waals surface area contributed by atoms with E-state index < -0.39 is 17.3 Å². The second-order valence-electron chi connectivity index (χ2n) is 4.69. The lowest BCUT2D eigenvalue weighted by molar-refractivity contribution is 0.101. The maximum atomic E-state index is 12.3. The third kappa shape index (κ3) is 2.79. The molecule has 0 aliphatic rings. The molecule has 2 aromatic rings. The van der Waals surface area contributed by atoms with Gasteiger partial charge in [0, 0.05) is 6.20 Å². The maximum Gasteiger partial charge on any atom is 0.328 e. The lowest BCUT2D eigenvalue weighted by Crippen LogP contribution is -2.39. The zero-order valence-electron chi connectivity index (χ0n) is 12.0. The number of methoxy groups -OCH3 is 1. The Balaban J connectivity index is 2.54. The van der Waals surface area contributed by atoms with E-state index >= 15 is 0 Å². The Morgan fingerprint density at radius 2 is 1.86 bits per heavy atom. The normalized spacial score (nSPS) is 12.0. The standard InChI is InChI=1S/C15H16N2O4/c1-9(11-4-6-12(21-3)7-5-11)17-14(19)13(10(2)18)8-16-15(17)20/h4-9H,1-3H3,(H,16,20). The molecule has 0 aliphatic carbocycles. The van der Waals surface area contributed by atoms with Crippen molar-refractivity contribution in [1.82, 2.24) is 9.55 Å². The molecule has 1 atom stereocenters. The summed E-state index contributed by atoms with van der Waals surface area (Å²) in [7, 11) is 1.56. The first-order valence-electron chi connectivity index (χ1n) is 6.44. The summed E-state index contributed by atoms with van der Waals surface area (Å²) < 4.78 is 6.11. The molecule has 1 heterocycles. The number of aromatic amines is 1. The molecule has 0 saturated carbocycles. The van der Waals surface area contributed by atoms with E-state index in [1.165, 1.54) is 6.92 Å². The van der Waals surface area contributed by atoms with Crippen molar-refractivity contribution >= 4 is 5.78 Å². The van der Waals surface area contributed by atoms with Crippen molar-refractivity contribution in [2.75, 3.05) is 7.11 Å². The van der Waals surface area contributed by atoms with E-state index in [1.54, 1.807) is 38.3 Å². The first kappa shape index (κ1) is 14.8. The number of Topliss-reactive ketones (excluding diaryl/α,β-unsaturated/α-hetero) is 1. The van der Waals surface area contributed by atoms with Crippen molar-refractivity contribution in [2.45, 2.75) is 19.9 Å². The number of benzene rings is 1. The zero-order valence-corrected chi connectivity index (χ0v) is 12.0. The van der Waals surface area contributed by atoms with Crippen molar-refractivity contribution in [3.63, 3.8) is 0 Å². The lowest BCUT2D eigenvalue weighted by Gasteiger charge is -2.15. The summed E-state index contributed by atoms with van der Waals surface area (Å²) in [6, 6.07) is 6.55. The van der Waals surface area contributed by atoms with Crippen LogP contribution in [0.4, 0.5) is 0 Å². The van der Waals surface area contributed by atoms with Crippen LogP contribution in [0.25, 0.3) is 0 Å². The van der Waals surface area contributed by atoms with Crippen LogP contribution in [0.5, 0.6) is 5.75 Å². The molecule has 1 aromatic heterocycles. The number of hydrogen-bond donors (Lipinski definition) is 1. The minimum atomic E-state index is -0.588. The minimum absolute atomic E-state index is 0.0324. The topological polar surface area (TPSA) is 81.2 Å². The number of carbonyl (C=O) groups is 1. The maximum absolute atomic E-state index is 12.3. The van der Waals surface area contributed by atoms with E-state index in [4.69, 9.17) is 4.74 Å². The number of hydrogen-bond acceptors (Lipinski definition) is 4. The fourth-order valence-electron chi connectivity index (χ4n) is 2.12. The van der Waals surface area contributed by atoms with Gasteiger partial charge in [-0.15, -0.1) is 0 Å². The second-order valence-corrected chi connectivity index (χ2v) is 4.69. The fraction of sp³-hybridized carbons (Fsp3) is 0.267. The van der Waals surface area contributed by atoms with Crippen LogP contribution in [0.2, 0.25) is 0 Å². The van der Waals surface area contributed by atoms with Gasteiger partial charge in [-0.1, -0.05) is 12.1 Å². The predicted octanol–water partition coefficient (Wildman–Crippen LogP) is 1.36. The Bertz CT molecular complexity index is 771. The van der Waals surface area contributed by atoms with Gasteiger partial charge < -0.3 is 9.72 Å². The van der Waals surface area contributed by atoms with Crippen LogP contribution in [0.3, 0.4) is 0 Å². The van der Waals surface area contributed by atoms with E-state index in [0.29, 0.717) is 5.75 Å². The summed E-state index contributed by atoms with van der Waals surface area (Å²) in [5.41, 5.74) is -0.401.